The lowest BCUT2D eigenvalue weighted by molar-refractivity contribution is -0.660. The molecule has 0 aliphatic heterocycles. The molecule has 0 saturated heterocycles. The molecule has 0 atom stereocenters. The van der Waals surface area contributed by atoms with E-state index >= 15 is 0 Å². The fraction of sp³-hybridized carbons (Fsp3) is 0.0741. The first-order valence-electron chi connectivity index (χ1n) is 9.71. The average Bonchev–Trinajstić information content (AvgIpc) is 2.79. The summed E-state index contributed by atoms with van der Waals surface area (Å²) in [5.74, 6) is 0.865. The third-order valence-electron chi connectivity index (χ3n) is 5.00. The maximum absolute atomic E-state index is 5.26. The highest BCUT2D eigenvalue weighted by molar-refractivity contribution is 5.80. The number of methoxy groups -OCH3 is 1. The fourth-order valence-electron chi connectivity index (χ4n) is 3.53. The largest absolute Gasteiger partial charge is 0.497 e. The normalized spacial score (nSPS) is 11.0. The van der Waals surface area contributed by atoms with Gasteiger partial charge >= 0.3 is 0 Å². The van der Waals surface area contributed by atoms with Crippen LogP contribution >= 0.6 is 0 Å². The van der Waals surface area contributed by atoms with E-state index in [0.29, 0.717) is 0 Å². The van der Waals surface area contributed by atoms with Crippen LogP contribution in [0.25, 0.3) is 34.5 Å². The standard InChI is InChI=1S/C27H24NO/c1-28-20-25(22-9-5-3-6-10-22)19-24(27(28)23-11-7-4-8-12-23)16-13-21-14-17-26(29-2)18-15-21/h3-20H,1-2H3/q+1/b16-13+. The molecule has 0 fully saturated rings. The Bertz CT molecular complexity index is 1110. The average molecular weight is 378 g/mol. The summed E-state index contributed by atoms with van der Waals surface area (Å²) in [6.45, 7) is 0. The molecular formula is C27H24NO+. The lowest BCUT2D eigenvalue weighted by Crippen LogP contribution is -2.31. The van der Waals surface area contributed by atoms with Crippen molar-refractivity contribution in [1.82, 2.24) is 0 Å². The van der Waals surface area contributed by atoms with Crippen molar-refractivity contribution in [3.8, 4) is 28.1 Å². The van der Waals surface area contributed by atoms with Crippen molar-refractivity contribution in [2.75, 3.05) is 7.11 Å². The minimum atomic E-state index is 0.865. The maximum Gasteiger partial charge on any atom is 0.219 e. The molecule has 2 nitrogen and oxygen atoms in total. The Hall–Kier alpha value is -3.65. The van der Waals surface area contributed by atoms with Crippen molar-refractivity contribution in [2.24, 2.45) is 7.05 Å². The molecule has 0 unspecified atom stereocenters. The van der Waals surface area contributed by atoms with Gasteiger partial charge < -0.3 is 4.74 Å². The first-order chi connectivity index (χ1) is 14.2. The molecule has 0 aliphatic rings. The van der Waals surface area contributed by atoms with Crippen molar-refractivity contribution in [3.05, 3.63) is 108 Å². The van der Waals surface area contributed by atoms with E-state index in [1.165, 1.54) is 27.9 Å². The Morgan fingerprint density at radius 3 is 1.93 bits per heavy atom. The number of rotatable bonds is 5. The molecule has 4 rings (SSSR count). The third kappa shape index (κ3) is 4.27. The number of ether oxygens (including phenoxy) is 1. The molecule has 0 spiro atoms. The summed E-state index contributed by atoms with van der Waals surface area (Å²) >= 11 is 0. The van der Waals surface area contributed by atoms with Crippen LogP contribution in [0.15, 0.2) is 97.2 Å². The first kappa shape index (κ1) is 18.7. The molecule has 0 saturated carbocycles. The Morgan fingerprint density at radius 1 is 0.690 bits per heavy atom. The number of aryl methyl sites for hydroxylation is 1. The molecule has 1 heterocycles. The van der Waals surface area contributed by atoms with Crippen LogP contribution in [0.2, 0.25) is 0 Å². The molecule has 2 heteroatoms. The van der Waals surface area contributed by atoms with Gasteiger partial charge in [-0.05, 0) is 47.5 Å². The van der Waals surface area contributed by atoms with Gasteiger partial charge in [0.1, 0.15) is 12.8 Å². The van der Waals surface area contributed by atoms with Gasteiger partial charge in [-0.25, -0.2) is 0 Å². The van der Waals surface area contributed by atoms with E-state index in [0.717, 1.165) is 11.3 Å². The van der Waals surface area contributed by atoms with E-state index in [2.05, 4.69) is 103 Å². The lowest BCUT2D eigenvalue weighted by Gasteiger charge is -2.08. The fourth-order valence-corrected chi connectivity index (χ4v) is 3.53. The number of benzene rings is 3. The van der Waals surface area contributed by atoms with E-state index in [1.807, 2.05) is 18.2 Å². The zero-order valence-corrected chi connectivity index (χ0v) is 16.7. The summed E-state index contributed by atoms with van der Waals surface area (Å²) in [4.78, 5) is 0. The Labute approximate surface area is 172 Å². The molecule has 29 heavy (non-hydrogen) atoms. The first-order valence-corrected chi connectivity index (χ1v) is 9.71. The van der Waals surface area contributed by atoms with E-state index in [4.69, 9.17) is 4.74 Å². The van der Waals surface area contributed by atoms with Gasteiger partial charge in [0.05, 0.1) is 7.11 Å². The van der Waals surface area contributed by atoms with Crippen LogP contribution in [-0.2, 0) is 7.05 Å². The van der Waals surface area contributed by atoms with Crippen molar-refractivity contribution < 1.29 is 9.30 Å². The van der Waals surface area contributed by atoms with Gasteiger partial charge in [0.2, 0.25) is 5.69 Å². The SMILES string of the molecule is COc1ccc(/C=C/c2cc(-c3ccccc3)c[n+](C)c2-c2ccccc2)cc1. The van der Waals surface area contributed by atoms with E-state index < -0.39 is 0 Å². The molecule has 4 aromatic rings. The van der Waals surface area contributed by atoms with Crippen LogP contribution < -0.4 is 9.30 Å². The van der Waals surface area contributed by atoms with Crippen molar-refractivity contribution in [3.63, 3.8) is 0 Å². The summed E-state index contributed by atoms with van der Waals surface area (Å²) in [5.41, 5.74) is 7.11. The summed E-state index contributed by atoms with van der Waals surface area (Å²) in [5, 5.41) is 0. The molecule has 0 N–H and O–H groups in total. The molecule has 0 aliphatic carbocycles. The maximum atomic E-state index is 5.26. The minimum Gasteiger partial charge on any atom is -0.497 e. The topological polar surface area (TPSA) is 13.1 Å². The van der Waals surface area contributed by atoms with Crippen LogP contribution in [0.5, 0.6) is 5.75 Å². The van der Waals surface area contributed by atoms with Gasteiger partial charge in [-0.3, -0.25) is 0 Å². The Kier molecular flexibility index (Phi) is 5.53. The summed E-state index contributed by atoms with van der Waals surface area (Å²) < 4.78 is 7.48. The van der Waals surface area contributed by atoms with Crippen molar-refractivity contribution in [1.29, 1.82) is 0 Å². The van der Waals surface area contributed by atoms with Crippen molar-refractivity contribution in [2.45, 2.75) is 0 Å². The Morgan fingerprint density at radius 2 is 1.31 bits per heavy atom. The molecule has 0 bridgehead atoms. The second-order valence-electron chi connectivity index (χ2n) is 6.98. The monoisotopic (exact) mass is 378 g/mol. The van der Waals surface area contributed by atoms with Crippen LogP contribution in [0.1, 0.15) is 11.1 Å². The van der Waals surface area contributed by atoms with Gasteiger partial charge in [-0.2, -0.15) is 4.57 Å². The minimum absolute atomic E-state index is 0.865. The molecule has 0 radical (unpaired) electrons. The van der Waals surface area contributed by atoms with Crippen LogP contribution in [-0.4, -0.2) is 7.11 Å². The van der Waals surface area contributed by atoms with Gasteiger partial charge in [0, 0.05) is 16.7 Å². The van der Waals surface area contributed by atoms with Crippen molar-refractivity contribution >= 4 is 12.2 Å². The van der Waals surface area contributed by atoms with Gasteiger partial charge in [-0.1, -0.05) is 66.7 Å². The predicted molar refractivity (Wildman–Crippen MR) is 120 cm³/mol. The van der Waals surface area contributed by atoms with Gasteiger partial charge in [-0.15, -0.1) is 0 Å². The summed E-state index contributed by atoms with van der Waals surface area (Å²) in [6.07, 6.45) is 6.54. The molecule has 3 aromatic carbocycles. The number of hydrogen-bond donors (Lipinski definition) is 0. The second kappa shape index (κ2) is 8.57. The molecule has 1 aromatic heterocycles. The number of nitrogens with zero attached hydrogens (tertiary/aromatic N) is 1. The smallest absolute Gasteiger partial charge is 0.219 e. The quantitative estimate of drug-likeness (QED) is 0.387. The zero-order chi connectivity index (χ0) is 20.1. The molecule has 142 valence electrons. The molecular weight excluding hydrogens is 354 g/mol. The van der Waals surface area contributed by atoms with E-state index in [9.17, 15) is 0 Å². The number of pyridine rings is 1. The number of hydrogen-bond acceptors (Lipinski definition) is 1. The van der Waals surface area contributed by atoms with Crippen LogP contribution in [0.3, 0.4) is 0 Å². The predicted octanol–water partition coefficient (Wildman–Crippen LogP) is 6.02. The highest BCUT2D eigenvalue weighted by Gasteiger charge is 2.17. The Balaban J connectivity index is 1.82. The summed E-state index contributed by atoms with van der Waals surface area (Å²) in [7, 11) is 3.80. The second-order valence-corrected chi connectivity index (χ2v) is 6.98. The third-order valence-corrected chi connectivity index (χ3v) is 5.00. The lowest BCUT2D eigenvalue weighted by atomic mass is 9.99. The molecule has 0 amide bonds. The van der Waals surface area contributed by atoms with E-state index in [1.54, 1.807) is 7.11 Å². The van der Waals surface area contributed by atoms with Gasteiger partial charge in [0.15, 0.2) is 6.20 Å². The van der Waals surface area contributed by atoms with Crippen LogP contribution in [0.4, 0.5) is 0 Å². The van der Waals surface area contributed by atoms with Gasteiger partial charge in [0.25, 0.3) is 0 Å². The van der Waals surface area contributed by atoms with Crippen LogP contribution in [0, 0.1) is 0 Å². The van der Waals surface area contributed by atoms with E-state index in [-0.39, 0.29) is 0 Å². The zero-order valence-electron chi connectivity index (χ0n) is 16.7. The summed E-state index contributed by atoms with van der Waals surface area (Å²) in [6, 6.07) is 31.4. The highest BCUT2D eigenvalue weighted by atomic mass is 16.5. The number of aromatic nitrogens is 1. The highest BCUT2D eigenvalue weighted by Crippen LogP contribution is 2.27.